The van der Waals surface area contributed by atoms with E-state index in [0.717, 1.165) is 49.0 Å². The first kappa shape index (κ1) is 10.3. The topological polar surface area (TPSA) is 6.48 Å². The molecule has 0 radical (unpaired) electrons. The molecule has 78 valence electrons. The molecule has 0 bridgehead atoms. The molecule has 0 unspecified atom stereocenters. The Hall–Kier alpha value is -0.220. The second-order valence-electron chi connectivity index (χ2n) is 3.97. The van der Waals surface area contributed by atoms with Crippen LogP contribution in [0.2, 0.25) is 0 Å². The van der Waals surface area contributed by atoms with Gasteiger partial charge in [0.05, 0.1) is 9.98 Å². The van der Waals surface area contributed by atoms with Crippen LogP contribution in [-0.4, -0.2) is 46.0 Å². The second kappa shape index (κ2) is 4.53. The van der Waals surface area contributed by atoms with Crippen LogP contribution in [0.25, 0.3) is 0 Å². The Morgan fingerprint density at radius 1 is 0.857 bits per heavy atom. The molecule has 0 saturated carbocycles. The van der Waals surface area contributed by atoms with Gasteiger partial charge in [-0.15, -0.1) is 0 Å². The zero-order chi connectivity index (χ0) is 9.97. The molecule has 0 aromatic rings. The van der Waals surface area contributed by atoms with E-state index in [1.54, 1.807) is 0 Å². The molecule has 2 aliphatic heterocycles. The Balaban J connectivity index is 1.76. The maximum atomic E-state index is 5.28. The minimum absolute atomic E-state index is 1.07. The molecule has 2 nitrogen and oxygen atoms in total. The van der Waals surface area contributed by atoms with Crippen molar-refractivity contribution in [1.82, 2.24) is 9.80 Å². The van der Waals surface area contributed by atoms with E-state index in [1.807, 2.05) is 0 Å². The minimum Gasteiger partial charge on any atom is -0.364 e. The van der Waals surface area contributed by atoms with Crippen molar-refractivity contribution in [3.63, 3.8) is 0 Å². The Morgan fingerprint density at radius 3 is 1.57 bits per heavy atom. The average Bonchev–Trinajstić information content (AvgIpc) is 2.72. The molecule has 0 spiro atoms. The van der Waals surface area contributed by atoms with Crippen molar-refractivity contribution in [3.05, 3.63) is 0 Å². The van der Waals surface area contributed by atoms with Gasteiger partial charge in [0.2, 0.25) is 0 Å². The molecular formula is C10H16N2S2. The number of nitrogens with zero attached hydrogens (tertiary/aromatic N) is 2. The Kier molecular flexibility index (Phi) is 3.34. The van der Waals surface area contributed by atoms with E-state index in [2.05, 4.69) is 9.80 Å². The van der Waals surface area contributed by atoms with Crippen molar-refractivity contribution >= 4 is 34.4 Å². The molecule has 0 aromatic heterocycles. The summed E-state index contributed by atoms with van der Waals surface area (Å²) in [6, 6.07) is 0. The Bertz CT molecular complexity index is 227. The average molecular weight is 228 g/mol. The van der Waals surface area contributed by atoms with E-state index >= 15 is 0 Å². The van der Waals surface area contributed by atoms with Crippen molar-refractivity contribution in [2.45, 2.75) is 25.7 Å². The molecule has 2 aliphatic rings. The molecule has 0 atom stereocenters. The lowest BCUT2D eigenvalue weighted by atomic mass is 10.4. The van der Waals surface area contributed by atoms with Gasteiger partial charge in [-0.2, -0.15) is 0 Å². The summed E-state index contributed by atoms with van der Waals surface area (Å²) in [4.78, 5) is 6.96. The van der Waals surface area contributed by atoms with Gasteiger partial charge in [0.15, 0.2) is 0 Å². The van der Waals surface area contributed by atoms with Gasteiger partial charge >= 0.3 is 0 Å². The fraction of sp³-hybridized carbons (Fsp3) is 0.800. The summed E-state index contributed by atoms with van der Waals surface area (Å²) >= 11 is 10.6. The van der Waals surface area contributed by atoms with Gasteiger partial charge in [0.25, 0.3) is 0 Å². The van der Waals surface area contributed by atoms with Crippen molar-refractivity contribution in [2.75, 3.05) is 26.2 Å². The van der Waals surface area contributed by atoms with Crippen molar-refractivity contribution in [2.24, 2.45) is 0 Å². The number of hydrogen-bond donors (Lipinski definition) is 0. The van der Waals surface area contributed by atoms with E-state index in [9.17, 15) is 0 Å². The largest absolute Gasteiger partial charge is 0.364 e. The number of rotatable bonds is 3. The highest BCUT2D eigenvalue weighted by Gasteiger charge is 2.20. The fourth-order valence-electron chi connectivity index (χ4n) is 2.12. The van der Waals surface area contributed by atoms with Crippen LogP contribution in [0.3, 0.4) is 0 Å². The molecule has 14 heavy (non-hydrogen) atoms. The first-order chi connectivity index (χ1) is 6.77. The van der Waals surface area contributed by atoms with Gasteiger partial charge in [0, 0.05) is 26.2 Å². The van der Waals surface area contributed by atoms with Crippen LogP contribution in [0.5, 0.6) is 0 Å². The lowest BCUT2D eigenvalue weighted by Crippen LogP contribution is -2.35. The maximum absolute atomic E-state index is 5.28. The van der Waals surface area contributed by atoms with Gasteiger partial charge in [-0.3, -0.25) is 0 Å². The molecule has 2 fully saturated rings. The lowest BCUT2D eigenvalue weighted by molar-refractivity contribution is 0.373. The molecule has 2 rings (SSSR count). The summed E-state index contributed by atoms with van der Waals surface area (Å²) in [5.74, 6) is 0. The summed E-state index contributed by atoms with van der Waals surface area (Å²) in [5, 5.41) is 0. The SMILES string of the molecule is S=C1CCCN1CCN1CCCC1=S. The first-order valence-electron chi connectivity index (χ1n) is 5.33. The molecule has 0 aliphatic carbocycles. The number of thiocarbonyl (C=S) groups is 2. The van der Waals surface area contributed by atoms with Gasteiger partial charge in [-0.05, 0) is 25.7 Å². The highest BCUT2D eigenvalue weighted by atomic mass is 32.1. The second-order valence-corrected chi connectivity index (χ2v) is 4.91. The highest BCUT2D eigenvalue weighted by Crippen LogP contribution is 2.14. The normalized spacial score (nSPS) is 22.6. The zero-order valence-electron chi connectivity index (χ0n) is 8.37. The van der Waals surface area contributed by atoms with Crippen LogP contribution < -0.4 is 0 Å². The highest BCUT2D eigenvalue weighted by molar-refractivity contribution is 7.80. The standard InChI is InChI=1S/C10H16N2S2/c13-9-3-1-5-11(9)7-8-12-6-2-4-10(12)14/h1-8H2. The summed E-state index contributed by atoms with van der Waals surface area (Å²) < 4.78 is 0. The lowest BCUT2D eigenvalue weighted by Gasteiger charge is -2.23. The molecule has 0 amide bonds. The predicted molar refractivity (Wildman–Crippen MR) is 66.8 cm³/mol. The predicted octanol–water partition coefficient (Wildman–Crippen LogP) is 1.83. The quantitative estimate of drug-likeness (QED) is 0.680. The van der Waals surface area contributed by atoms with Crippen molar-refractivity contribution < 1.29 is 0 Å². The summed E-state index contributed by atoms with van der Waals surface area (Å²) in [5.41, 5.74) is 0. The van der Waals surface area contributed by atoms with Gasteiger partial charge in [-0.1, -0.05) is 24.4 Å². The van der Waals surface area contributed by atoms with E-state index in [4.69, 9.17) is 24.4 Å². The third kappa shape index (κ3) is 2.23. The monoisotopic (exact) mass is 228 g/mol. The van der Waals surface area contributed by atoms with E-state index in [1.165, 1.54) is 12.8 Å². The molecule has 2 saturated heterocycles. The summed E-state index contributed by atoms with van der Waals surface area (Å²) in [7, 11) is 0. The molecule has 0 N–H and O–H groups in total. The third-order valence-corrected chi connectivity index (χ3v) is 3.91. The Labute approximate surface area is 96.2 Å². The van der Waals surface area contributed by atoms with Crippen LogP contribution in [0.4, 0.5) is 0 Å². The van der Waals surface area contributed by atoms with E-state index < -0.39 is 0 Å². The van der Waals surface area contributed by atoms with Crippen LogP contribution in [-0.2, 0) is 0 Å². The first-order valence-corrected chi connectivity index (χ1v) is 6.14. The fourth-order valence-corrected chi connectivity index (χ4v) is 2.78. The number of likely N-dealkylation sites (tertiary alicyclic amines) is 2. The van der Waals surface area contributed by atoms with Crippen molar-refractivity contribution in [3.8, 4) is 0 Å². The molecule has 4 heteroatoms. The molecular weight excluding hydrogens is 212 g/mol. The van der Waals surface area contributed by atoms with E-state index in [0.29, 0.717) is 0 Å². The van der Waals surface area contributed by atoms with Crippen LogP contribution in [0.1, 0.15) is 25.7 Å². The van der Waals surface area contributed by atoms with Crippen molar-refractivity contribution in [1.29, 1.82) is 0 Å². The minimum atomic E-state index is 1.07. The Morgan fingerprint density at radius 2 is 1.29 bits per heavy atom. The van der Waals surface area contributed by atoms with E-state index in [-0.39, 0.29) is 0 Å². The molecule has 0 aromatic carbocycles. The molecule has 2 heterocycles. The maximum Gasteiger partial charge on any atom is 0.0780 e. The summed E-state index contributed by atoms with van der Waals surface area (Å²) in [6.45, 7) is 4.44. The van der Waals surface area contributed by atoms with Gasteiger partial charge in [0.1, 0.15) is 0 Å². The van der Waals surface area contributed by atoms with Crippen LogP contribution in [0, 0.1) is 0 Å². The third-order valence-electron chi connectivity index (χ3n) is 2.98. The van der Waals surface area contributed by atoms with Gasteiger partial charge < -0.3 is 9.80 Å². The summed E-state index contributed by atoms with van der Waals surface area (Å²) in [6.07, 6.45) is 4.70. The van der Waals surface area contributed by atoms with Gasteiger partial charge in [-0.25, -0.2) is 0 Å². The smallest absolute Gasteiger partial charge is 0.0780 e. The van der Waals surface area contributed by atoms with Crippen LogP contribution in [0.15, 0.2) is 0 Å². The number of hydrogen-bond acceptors (Lipinski definition) is 2. The van der Waals surface area contributed by atoms with Crippen LogP contribution >= 0.6 is 24.4 Å². The zero-order valence-corrected chi connectivity index (χ0v) is 10.0.